The molecule has 2 N–H and O–H groups in total. The lowest BCUT2D eigenvalue weighted by Crippen LogP contribution is -2.48. The minimum atomic E-state index is -0.696. The average Bonchev–Trinajstić information content (AvgIpc) is 3.44. The van der Waals surface area contributed by atoms with Gasteiger partial charge in [0.2, 0.25) is 0 Å². The smallest absolute Gasteiger partial charge is 0.272 e. The largest absolute Gasteiger partial charge is 0.301 e. The van der Waals surface area contributed by atoms with E-state index in [0.29, 0.717) is 23.7 Å². The van der Waals surface area contributed by atoms with E-state index in [1.165, 1.54) is 24.3 Å². The second-order valence-corrected chi connectivity index (χ2v) is 10.5. The van der Waals surface area contributed by atoms with Gasteiger partial charge in [0.25, 0.3) is 11.4 Å². The van der Waals surface area contributed by atoms with E-state index >= 15 is 0 Å². The van der Waals surface area contributed by atoms with Crippen molar-refractivity contribution in [3.8, 4) is 0 Å². The van der Waals surface area contributed by atoms with Crippen molar-refractivity contribution in [3.05, 3.63) is 76.9 Å². The molecule has 16 heteroatoms. The van der Waals surface area contributed by atoms with Gasteiger partial charge in [0.05, 0.1) is 31.8 Å². The standard InChI is InChI=1S/C23H18N8O8/c32-28(33)8-1-3-12(14(5-8)30(36)37)24-26-22-18-10-7-11-17-16(10)20(22)21(17)23(19(11)18)27-25-13-4-2-9(29(34)35)6-15(13)31(38)39/h1-6,10-11,16-21,24-25H,7H2/b26-22-,27-23-. The van der Waals surface area contributed by atoms with Gasteiger partial charge in [-0.1, -0.05) is 0 Å². The van der Waals surface area contributed by atoms with Crippen molar-refractivity contribution in [1.82, 2.24) is 0 Å². The fourth-order valence-corrected chi connectivity index (χ4v) is 8.17. The molecule has 2 bridgehead atoms. The monoisotopic (exact) mass is 534 g/mol. The predicted octanol–water partition coefficient (Wildman–Crippen LogP) is 3.94. The van der Waals surface area contributed by atoms with Gasteiger partial charge in [-0.15, -0.1) is 0 Å². The van der Waals surface area contributed by atoms with Crippen molar-refractivity contribution in [2.75, 3.05) is 10.9 Å². The fourth-order valence-electron chi connectivity index (χ4n) is 8.17. The topological polar surface area (TPSA) is 221 Å². The van der Waals surface area contributed by atoms with E-state index in [1.54, 1.807) is 0 Å². The van der Waals surface area contributed by atoms with Gasteiger partial charge < -0.3 is 0 Å². The van der Waals surface area contributed by atoms with Crippen LogP contribution in [0, 0.1) is 87.8 Å². The highest BCUT2D eigenvalue weighted by molar-refractivity contribution is 6.11. The summed E-state index contributed by atoms with van der Waals surface area (Å²) >= 11 is 0. The van der Waals surface area contributed by atoms with Crippen molar-refractivity contribution in [1.29, 1.82) is 0 Å². The van der Waals surface area contributed by atoms with Crippen molar-refractivity contribution < 1.29 is 19.7 Å². The molecule has 0 heterocycles. The molecule has 8 atom stereocenters. The molecule has 5 aliphatic rings. The summed E-state index contributed by atoms with van der Waals surface area (Å²) in [7, 11) is 0. The van der Waals surface area contributed by atoms with Crippen molar-refractivity contribution in [3.63, 3.8) is 0 Å². The van der Waals surface area contributed by atoms with Crippen LogP contribution in [0.2, 0.25) is 0 Å². The molecule has 39 heavy (non-hydrogen) atoms. The van der Waals surface area contributed by atoms with Crippen LogP contribution in [0.1, 0.15) is 6.42 Å². The number of benzene rings is 2. The van der Waals surface area contributed by atoms with Crippen molar-refractivity contribution in [2.45, 2.75) is 6.42 Å². The lowest BCUT2D eigenvalue weighted by molar-refractivity contribution is -0.393. The maximum atomic E-state index is 11.5. The molecule has 2 aromatic carbocycles. The number of hydrogen-bond acceptors (Lipinski definition) is 12. The van der Waals surface area contributed by atoms with E-state index in [0.717, 1.165) is 30.0 Å². The van der Waals surface area contributed by atoms with E-state index < -0.39 is 31.1 Å². The Balaban J connectivity index is 1.18. The van der Waals surface area contributed by atoms with Gasteiger partial charge in [0, 0.05) is 47.2 Å². The van der Waals surface area contributed by atoms with E-state index in [1.807, 2.05) is 0 Å². The molecule has 2 aromatic rings. The SMILES string of the molecule is O=[N+]([O-])c1ccc(N/N=C2/C3C4CC5C3/C(=N/Nc3ccc([N+](=O)[O-])cc3[N+](=O)[O-])C3C2C4C53)c([N+](=O)[O-])c1. The quantitative estimate of drug-likeness (QED) is 0.366. The summed E-state index contributed by atoms with van der Waals surface area (Å²) in [5.74, 6) is 2.16. The fraction of sp³-hybridized carbons (Fsp3) is 0.391. The minimum Gasteiger partial charge on any atom is -0.272 e. The normalized spacial score (nSPS) is 33.9. The molecule has 198 valence electrons. The highest BCUT2D eigenvalue weighted by Crippen LogP contribution is 2.81. The van der Waals surface area contributed by atoms with Crippen molar-refractivity contribution >= 4 is 45.5 Å². The summed E-state index contributed by atoms with van der Waals surface area (Å²) in [4.78, 5) is 42.3. The molecule has 5 aliphatic carbocycles. The molecule has 5 fully saturated rings. The van der Waals surface area contributed by atoms with Crippen LogP contribution in [-0.2, 0) is 0 Å². The highest BCUT2D eigenvalue weighted by atomic mass is 16.6. The maximum absolute atomic E-state index is 11.5. The Kier molecular flexibility index (Phi) is 4.59. The summed E-state index contributed by atoms with van der Waals surface area (Å²) in [6.45, 7) is 0. The minimum absolute atomic E-state index is 0.0671. The number of nitro groups is 4. The maximum Gasteiger partial charge on any atom is 0.301 e. The Labute approximate surface area is 217 Å². The summed E-state index contributed by atoms with van der Waals surface area (Å²) < 4.78 is 0. The Morgan fingerprint density at radius 2 is 1.03 bits per heavy atom. The zero-order valence-corrected chi connectivity index (χ0v) is 19.7. The second kappa shape index (κ2) is 7.75. The molecule has 0 aliphatic heterocycles. The Hall–Kier alpha value is -5.02. The number of anilines is 2. The molecule has 0 radical (unpaired) electrons. The summed E-state index contributed by atoms with van der Waals surface area (Å²) in [6, 6.07) is 6.72. The number of hydrazone groups is 2. The first-order chi connectivity index (χ1) is 18.7. The number of nitro benzene ring substituents is 4. The molecular formula is C23H18N8O8. The Bertz CT molecular complexity index is 1470. The number of nitrogens with one attached hydrogen (secondary N) is 2. The lowest BCUT2D eigenvalue weighted by Gasteiger charge is -2.44. The van der Waals surface area contributed by atoms with Gasteiger partial charge in [-0.25, -0.2) is 0 Å². The molecule has 8 unspecified atom stereocenters. The van der Waals surface area contributed by atoms with E-state index in [-0.39, 0.29) is 46.4 Å². The molecule has 0 aromatic heterocycles. The van der Waals surface area contributed by atoms with E-state index in [9.17, 15) is 40.5 Å². The third-order valence-electron chi connectivity index (χ3n) is 9.26. The Morgan fingerprint density at radius 3 is 1.38 bits per heavy atom. The van der Waals surface area contributed by atoms with Crippen molar-refractivity contribution in [2.24, 2.45) is 57.5 Å². The van der Waals surface area contributed by atoms with E-state index in [4.69, 9.17) is 0 Å². The molecule has 16 nitrogen and oxygen atoms in total. The highest BCUT2D eigenvalue weighted by Gasteiger charge is 2.82. The number of fused-ring (bicyclic) bond motifs is 2. The molecule has 0 saturated heterocycles. The summed E-state index contributed by atoms with van der Waals surface area (Å²) in [5, 5.41) is 54.3. The molecular weight excluding hydrogens is 516 g/mol. The van der Waals surface area contributed by atoms with Gasteiger partial charge in [-0.05, 0) is 42.2 Å². The average molecular weight is 534 g/mol. The van der Waals surface area contributed by atoms with Crippen LogP contribution in [0.3, 0.4) is 0 Å². The number of nitrogens with zero attached hydrogens (tertiary/aromatic N) is 6. The zero-order valence-electron chi connectivity index (χ0n) is 19.7. The molecule has 7 rings (SSSR count). The van der Waals surface area contributed by atoms with Crippen LogP contribution in [0.25, 0.3) is 0 Å². The second-order valence-electron chi connectivity index (χ2n) is 10.5. The third kappa shape index (κ3) is 2.98. The zero-order chi connectivity index (χ0) is 27.3. The lowest BCUT2D eigenvalue weighted by atomic mass is 9.59. The third-order valence-corrected chi connectivity index (χ3v) is 9.26. The van der Waals surface area contributed by atoms with Gasteiger partial charge in [-0.3, -0.25) is 51.3 Å². The van der Waals surface area contributed by atoms with Crippen LogP contribution in [0.4, 0.5) is 34.1 Å². The van der Waals surface area contributed by atoms with Crippen LogP contribution < -0.4 is 10.9 Å². The predicted molar refractivity (Wildman–Crippen MR) is 134 cm³/mol. The summed E-state index contributed by atoms with van der Waals surface area (Å²) in [6.07, 6.45) is 1.03. The van der Waals surface area contributed by atoms with Gasteiger partial charge in [0.15, 0.2) is 0 Å². The van der Waals surface area contributed by atoms with Crippen LogP contribution in [0.5, 0.6) is 0 Å². The molecule has 0 amide bonds. The van der Waals surface area contributed by atoms with Crippen LogP contribution in [-0.4, -0.2) is 31.1 Å². The van der Waals surface area contributed by atoms with Gasteiger partial charge >= 0.3 is 11.4 Å². The first-order valence-electron chi connectivity index (χ1n) is 12.2. The van der Waals surface area contributed by atoms with Crippen LogP contribution >= 0.6 is 0 Å². The van der Waals surface area contributed by atoms with E-state index in [2.05, 4.69) is 21.1 Å². The first-order valence-corrected chi connectivity index (χ1v) is 12.2. The Morgan fingerprint density at radius 1 is 0.615 bits per heavy atom. The number of hydrogen-bond donors (Lipinski definition) is 2. The number of rotatable bonds is 8. The first kappa shape index (κ1) is 23.1. The molecule has 0 spiro atoms. The number of non-ortho nitro benzene ring substituents is 2. The van der Waals surface area contributed by atoms with Crippen LogP contribution in [0.15, 0.2) is 46.6 Å². The van der Waals surface area contributed by atoms with Gasteiger partial charge in [0.1, 0.15) is 11.4 Å². The molecule has 5 saturated carbocycles. The van der Waals surface area contributed by atoms with Gasteiger partial charge in [-0.2, -0.15) is 10.2 Å². The summed E-state index contributed by atoms with van der Waals surface area (Å²) in [5.41, 5.74) is 5.94.